The molecular formula is C20H19N3O5S. The Morgan fingerprint density at radius 2 is 2.03 bits per heavy atom. The van der Waals surface area contributed by atoms with Crippen molar-refractivity contribution in [3.8, 4) is 11.5 Å². The Hall–Kier alpha value is -3.17. The molecule has 0 atom stereocenters. The maximum absolute atomic E-state index is 12.8. The number of benzene rings is 2. The number of nitrogens with zero attached hydrogens (tertiary/aromatic N) is 2. The van der Waals surface area contributed by atoms with Crippen LogP contribution in [0.1, 0.15) is 17.3 Å². The second kappa shape index (κ2) is 8.06. The van der Waals surface area contributed by atoms with E-state index in [9.17, 15) is 9.59 Å². The lowest BCUT2D eigenvalue weighted by Crippen LogP contribution is -2.19. The number of ether oxygens (including phenoxy) is 3. The van der Waals surface area contributed by atoms with Gasteiger partial charge in [-0.25, -0.2) is 0 Å². The van der Waals surface area contributed by atoms with Gasteiger partial charge in [-0.3, -0.25) is 9.59 Å². The van der Waals surface area contributed by atoms with Gasteiger partial charge < -0.3 is 24.1 Å². The smallest absolute Gasteiger partial charge is 0.279 e. The summed E-state index contributed by atoms with van der Waals surface area (Å²) >= 11 is 1.38. The molecule has 0 saturated heterocycles. The Labute approximate surface area is 170 Å². The van der Waals surface area contributed by atoms with Crippen LogP contribution < -0.4 is 19.6 Å². The molecule has 4 rings (SSSR count). The summed E-state index contributed by atoms with van der Waals surface area (Å²) in [6.45, 7) is 2.63. The molecule has 9 heteroatoms. The van der Waals surface area contributed by atoms with Crippen molar-refractivity contribution in [2.24, 2.45) is 4.99 Å². The molecule has 1 aliphatic rings. The van der Waals surface area contributed by atoms with Gasteiger partial charge in [-0.15, -0.1) is 0 Å². The van der Waals surface area contributed by atoms with E-state index in [0.717, 1.165) is 10.2 Å². The lowest BCUT2D eigenvalue weighted by atomic mass is 10.2. The standard InChI is InChI=1S/C20H19N3O5S/c1-12(24)21-14-4-5-15-18(10-14)29-20(23(15)7-8-26-2)22-19(25)13-3-6-16-17(9-13)28-11-27-16/h3-6,9-10H,7-8,11H2,1-2H3,(H,21,24). The molecular weight excluding hydrogens is 394 g/mol. The topological polar surface area (TPSA) is 91.2 Å². The van der Waals surface area contributed by atoms with Gasteiger partial charge in [0.2, 0.25) is 12.7 Å². The van der Waals surface area contributed by atoms with Crippen molar-refractivity contribution in [2.75, 3.05) is 25.8 Å². The van der Waals surface area contributed by atoms with Crippen LogP contribution in [0.25, 0.3) is 10.2 Å². The van der Waals surface area contributed by atoms with Gasteiger partial charge in [0.15, 0.2) is 16.3 Å². The third-order valence-electron chi connectivity index (χ3n) is 4.34. The van der Waals surface area contributed by atoms with Gasteiger partial charge in [-0.05, 0) is 36.4 Å². The van der Waals surface area contributed by atoms with Crippen LogP contribution >= 0.6 is 11.3 Å². The van der Waals surface area contributed by atoms with Crippen molar-refractivity contribution in [3.05, 3.63) is 46.8 Å². The summed E-state index contributed by atoms with van der Waals surface area (Å²) in [5.74, 6) is 0.637. The van der Waals surface area contributed by atoms with Crippen molar-refractivity contribution in [1.82, 2.24) is 4.57 Å². The van der Waals surface area contributed by atoms with E-state index in [4.69, 9.17) is 14.2 Å². The molecule has 29 heavy (non-hydrogen) atoms. The predicted octanol–water partition coefficient (Wildman–Crippen LogP) is 2.78. The zero-order chi connectivity index (χ0) is 20.4. The van der Waals surface area contributed by atoms with Gasteiger partial charge in [0.05, 0.1) is 16.8 Å². The number of hydrogen-bond donors (Lipinski definition) is 1. The van der Waals surface area contributed by atoms with E-state index >= 15 is 0 Å². The lowest BCUT2D eigenvalue weighted by molar-refractivity contribution is -0.114. The van der Waals surface area contributed by atoms with Crippen LogP contribution in [0.2, 0.25) is 0 Å². The molecule has 0 spiro atoms. The maximum atomic E-state index is 12.8. The van der Waals surface area contributed by atoms with Gasteiger partial charge in [0.1, 0.15) is 0 Å². The first-order valence-corrected chi connectivity index (χ1v) is 9.75. The molecule has 3 aromatic rings. The summed E-state index contributed by atoms with van der Waals surface area (Å²) in [5.41, 5.74) is 2.03. The Balaban J connectivity index is 1.75. The van der Waals surface area contributed by atoms with Crippen LogP contribution in [0, 0.1) is 0 Å². The fraction of sp³-hybridized carbons (Fsp3) is 0.250. The van der Waals surface area contributed by atoms with Gasteiger partial charge >= 0.3 is 0 Å². The van der Waals surface area contributed by atoms with E-state index < -0.39 is 0 Å². The highest BCUT2D eigenvalue weighted by Crippen LogP contribution is 2.32. The molecule has 1 aliphatic heterocycles. The minimum absolute atomic E-state index is 0.143. The van der Waals surface area contributed by atoms with Crippen LogP contribution in [-0.2, 0) is 16.1 Å². The third kappa shape index (κ3) is 4.01. The summed E-state index contributed by atoms with van der Waals surface area (Å²) in [6, 6.07) is 10.6. The van der Waals surface area contributed by atoms with Gasteiger partial charge in [0.25, 0.3) is 5.91 Å². The van der Waals surface area contributed by atoms with E-state index in [-0.39, 0.29) is 18.6 Å². The van der Waals surface area contributed by atoms with E-state index in [1.807, 2.05) is 22.8 Å². The quantitative estimate of drug-likeness (QED) is 0.695. The molecule has 0 unspecified atom stereocenters. The second-order valence-corrected chi connectivity index (χ2v) is 7.39. The number of hydrogen-bond acceptors (Lipinski definition) is 6. The highest BCUT2D eigenvalue weighted by Gasteiger charge is 2.16. The normalized spacial score (nSPS) is 13.1. The number of thiazole rings is 1. The predicted molar refractivity (Wildman–Crippen MR) is 108 cm³/mol. The molecule has 2 aromatic carbocycles. The molecule has 0 fully saturated rings. The highest BCUT2D eigenvalue weighted by atomic mass is 32.1. The molecule has 1 N–H and O–H groups in total. The number of methoxy groups -OCH3 is 1. The molecule has 1 aromatic heterocycles. The Bertz CT molecular complexity index is 1160. The molecule has 0 saturated carbocycles. The highest BCUT2D eigenvalue weighted by molar-refractivity contribution is 7.16. The molecule has 0 bridgehead atoms. The van der Waals surface area contributed by atoms with Crippen LogP contribution in [-0.4, -0.2) is 36.9 Å². The minimum Gasteiger partial charge on any atom is -0.454 e. The first-order valence-electron chi connectivity index (χ1n) is 8.94. The van der Waals surface area contributed by atoms with Gasteiger partial charge in [-0.1, -0.05) is 11.3 Å². The average molecular weight is 413 g/mol. The lowest BCUT2D eigenvalue weighted by Gasteiger charge is -2.05. The number of nitrogens with one attached hydrogen (secondary N) is 1. The number of carbonyl (C=O) groups excluding carboxylic acids is 2. The molecule has 8 nitrogen and oxygen atoms in total. The average Bonchev–Trinajstić information content (AvgIpc) is 3.29. The van der Waals surface area contributed by atoms with E-state index in [1.54, 1.807) is 25.3 Å². The maximum Gasteiger partial charge on any atom is 0.279 e. The molecule has 2 amide bonds. The van der Waals surface area contributed by atoms with Crippen LogP contribution in [0.5, 0.6) is 11.5 Å². The molecule has 2 heterocycles. The van der Waals surface area contributed by atoms with Crippen molar-refractivity contribution >= 4 is 39.1 Å². The van der Waals surface area contributed by atoms with Crippen molar-refractivity contribution in [2.45, 2.75) is 13.5 Å². The SMILES string of the molecule is COCCn1c(=NC(=O)c2ccc3c(c2)OCO3)sc2cc(NC(C)=O)ccc21. The Kier molecular flexibility index (Phi) is 5.32. The number of aromatic nitrogens is 1. The molecule has 150 valence electrons. The summed E-state index contributed by atoms with van der Waals surface area (Å²) < 4.78 is 18.7. The van der Waals surface area contributed by atoms with Crippen LogP contribution in [0.15, 0.2) is 41.4 Å². The molecule has 0 radical (unpaired) electrons. The van der Waals surface area contributed by atoms with Crippen molar-refractivity contribution < 1.29 is 23.8 Å². The number of amides is 2. The van der Waals surface area contributed by atoms with E-state index in [0.29, 0.717) is 40.7 Å². The third-order valence-corrected chi connectivity index (χ3v) is 5.38. The fourth-order valence-corrected chi connectivity index (χ4v) is 4.11. The van der Waals surface area contributed by atoms with Gasteiger partial charge in [-0.2, -0.15) is 4.99 Å². The summed E-state index contributed by atoms with van der Waals surface area (Å²) in [7, 11) is 1.62. The number of rotatable bonds is 5. The second-order valence-electron chi connectivity index (χ2n) is 6.38. The monoisotopic (exact) mass is 413 g/mol. The first kappa shape index (κ1) is 19.2. The first-order chi connectivity index (χ1) is 14.0. The minimum atomic E-state index is -0.372. The van der Waals surface area contributed by atoms with E-state index in [1.165, 1.54) is 18.3 Å². The van der Waals surface area contributed by atoms with Crippen molar-refractivity contribution in [3.63, 3.8) is 0 Å². The number of anilines is 1. The van der Waals surface area contributed by atoms with Crippen LogP contribution in [0.3, 0.4) is 0 Å². The van der Waals surface area contributed by atoms with Gasteiger partial charge in [0, 0.05) is 31.8 Å². The van der Waals surface area contributed by atoms with E-state index in [2.05, 4.69) is 10.3 Å². The zero-order valence-corrected chi connectivity index (χ0v) is 16.7. The van der Waals surface area contributed by atoms with Crippen molar-refractivity contribution in [1.29, 1.82) is 0 Å². The Morgan fingerprint density at radius 3 is 2.83 bits per heavy atom. The number of fused-ring (bicyclic) bond motifs is 2. The van der Waals surface area contributed by atoms with Crippen LogP contribution in [0.4, 0.5) is 5.69 Å². The zero-order valence-electron chi connectivity index (χ0n) is 15.9. The summed E-state index contributed by atoms with van der Waals surface area (Å²) in [4.78, 5) is 29.0. The largest absolute Gasteiger partial charge is 0.454 e. The number of carbonyl (C=O) groups is 2. The Morgan fingerprint density at radius 1 is 1.21 bits per heavy atom. The summed E-state index contributed by atoms with van der Waals surface area (Å²) in [5, 5.41) is 2.77. The molecule has 0 aliphatic carbocycles. The summed E-state index contributed by atoms with van der Waals surface area (Å²) in [6.07, 6.45) is 0. The fourth-order valence-electron chi connectivity index (χ4n) is 3.02.